The minimum absolute atomic E-state index is 0.0562. The van der Waals surface area contributed by atoms with E-state index in [4.69, 9.17) is 33.9 Å². The van der Waals surface area contributed by atoms with Crippen molar-refractivity contribution in [2.24, 2.45) is 0 Å². The highest BCUT2D eigenvalue weighted by molar-refractivity contribution is 8.31. The SMILES string of the molecule is Cc1cccc(S(=O)(=O)C(Cl)(Cl)SCl)c1. The predicted molar refractivity (Wildman–Crippen MR) is 66.2 cm³/mol. The first-order valence-corrected chi connectivity index (χ1v) is 7.68. The van der Waals surface area contributed by atoms with Crippen LogP contribution in [0, 0.1) is 6.92 Å². The van der Waals surface area contributed by atoms with Crippen molar-refractivity contribution in [3.05, 3.63) is 29.8 Å². The van der Waals surface area contributed by atoms with E-state index in [1.165, 1.54) is 12.1 Å². The second-order valence-corrected chi connectivity index (χ2v) is 8.66. The fourth-order valence-electron chi connectivity index (χ4n) is 0.961. The third-order valence-corrected chi connectivity index (χ3v) is 7.42. The van der Waals surface area contributed by atoms with Crippen LogP contribution in [0.5, 0.6) is 0 Å². The zero-order chi connectivity index (χ0) is 11.7. The first-order chi connectivity index (χ1) is 6.81. The molecule has 2 nitrogen and oxygen atoms in total. The third kappa shape index (κ3) is 2.74. The van der Waals surface area contributed by atoms with E-state index in [2.05, 4.69) is 0 Å². The topological polar surface area (TPSA) is 34.1 Å². The summed E-state index contributed by atoms with van der Waals surface area (Å²) in [6.07, 6.45) is 0. The highest BCUT2D eigenvalue weighted by atomic mass is 35.7. The number of hydrogen-bond donors (Lipinski definition) is 0. The number of sulfone groups is 1. The molecule has 0 saturated heterocycles. The van der Waals surface area contributed by atoms with E-state index in [-0.39, 0.29) is 4.90 Å². The minimum atomic E-state index is -3.85. The molecule has 0 spiro atoms. The second kappa shape index (κ2) is 4.72. The molecular weight excluding hydrogens is 299 g/mol. The molecular formula is C8H7Cl3O2S2. The standard InChI is InChI=1S/C8H7Cl3O2S2/c1-6-3-2-4-7(5-6)15(12,13)8(9,10)14-11/h2-5H,1H3. The average molecular weight is 306 g/mol. The van der Waals surface area contributed by atoms with Gasteiger partial charge in [-0.25, -0.2) is 8.42 Å². The van der Waals surface area contributed by atoms with E-state index in [9.17, 15) is 8.42 Å². The normalized spacial score (nSPS) is 12.8. The number of rotatable bonds is 3. The number of aryl methyl sites for hydroxylation is 1. The van der Waals surface area contributed by atoms with Crippen LogP contribution in [0.15, 0.2) is 29.2 Å². The summed E-state index contributed by atoms with van der Waals surface area (Å²) in [5.74, 6) is 0. The molecule has 0 fully saturated rings. The Morgan fingerprint density at radius 1 is 1.33 bits per heavy atom. The molecule has 1 aromatic carbocycles. The Morgan fingerprint density at radius 3 is 2.40 bits per heavy atom. The van der Waals surface area contributed by atoms with E-state index in [1.807, 2.05) is 0 Å². The maximum absolute atomic E-state index is 11.9. The van der Waals surface area contributed by atoms with E-state index < -0.39 is 12.8 Å². The van der Waals surface area contributed by atoms with Crippen molar-refractivity contribution in [3.63, 3.8) is 0 Å². The van der Waals surface area contributed by atoms with Gasteiger partial charge in [0, 0.05) is 11.0 Å². The molecule has 15 heavy (non-hydrogen) atoms. The van der Waals surface area contributed by atoms with E-state index in [0.29, 0.717) is 11.0 Å². The summed E-state index contributed by atoms with van der Waals surface area (Å²) < 4.78 is 21.7. The predicted octanol–water partition coefficient (Wildman–Crippen LogP) is 3.74. The second-order valence-electron chi connectivity index (χ2n) is 2.86. The number of hydrogen-bond acceptors (Lipinski definition) is 3. The molecule has 0 amide bonds. The maximum Gasteiger partial charge on any atom is 0.282 e. The summed E-state index contributed by atoms with van der Waals surface area (Å²) in [6.45, 7) is 1.77. The summed E-state index contributed by atoms with van der Waals surface area (Å²) >= 11 is 11.2. The Hall–Kier alpha value is 0.390. The van der Waals surface area contributed by atoms with Gasteiger partial charge in [-0.3, -0.25) is 0 Å². The molecule has 0 aliphatic heterocycles. The molecule has 0 saturated carbocycles. The monoisotopic (exact) mass is 304 g/mol. The van der Waals surface area contributed by atoms with Gasteiger partial charge in [-0.15, -0.1) is 0 Å². The van der Waals surface area contributed by atoms with Crippen molar-refractivity contribution >= 4 is 54.7 Å². The molecule has 0 aliphatic carbocycles. The lowest BCUT2D eigenvalue weighted by Gasteiger charge is -2.15. The third-order valence-electron chi connectivity index (χ3n) is 1.70. The minimum Gasteiger partial charge on any atom is -0.220 e. The quantitative estimate of drug-likeness (QED) is 0.798. The fourth-order valence-corrected chi connectivity index (χ4v) is 3.74. The molecule has 0 radical (unpaired) electrons. The largest absolute Gasteiger partial charge is 0.282 e. The molecule has 0 heterocycles. The van der Waals surface area contributed by atoms with Gasteiger partial charge in [-0.05, 0) is 35.3 Å². The zero-order valence-electron chi connectivity index (χ0n) is 7.58. The van der Waals surface area contributed by atoms with Crippen molar-refractivity contribution in [1.29, 1.82) is 0 Å². The lowest BCUT2D eigenvalue weighted by Crippen LogP contribution is -2.21. The fraction of sp³-hybridized carbons (Fsp3) is 0.250. The zero-order valence-corrected chi connectivity index (χ0v) is 11.5. The van der Waals surface area contributed by atoms with Gasteiger partial charge >= 0.3 is 0 Å². The molecule has 0 unspecified atom stereocenters. The van der Waals surface area contributed by atoms with Crippen LogP contribution in [0.4, 0.5) is 0 Å². The Kier molecular flexibility index (Phi) is 4.23. The molecule has 0 aromatic heterocycles. The summed E-state index contributed by atoms with van der Waals surface area (Å²) in [4.78, 5) is 0.0562. The van der Waals surface area contributed by atoms with Gasteiger partial charge < -0.3 is 0 Å². The molecule has 84 valence electrons. The smallest absolute Gasteiger partial charge is 0.220 e. The van der Waals surface area contributed by atoms with Gasteiger partial charge in [-0.2, -0.15) is 0 Å². The lowest BCUT2D eigenvalue weighted by atomic mass is 10.2. The average Bonchev–Trinajstić information content (AvgIpc) is 2.17. The Bertz CT molecular complexity index is 457. The van der Waals surface area contributed by atoms with Gasteiger partial charge in [0.25, 0.3) is 3.00 Å². The van der Waals surface area contributed by atoms with Crippen LogP contribution in [0.2, 0.25) is 0 Å². The molecule has 0 bridgehead atoms. The van der Waals surface area contributed by atoms with Crippen molar-refractivity contribution in [2.75, 3.05) is 0 Å². The molecule has 0 aliphatic rings. The Balaban J connectivity index is 3.30. The summed E-state index contributed by atoms with van der Waals surface area (Å²) in [5, 5.41) is 0. The Labute approximate surface area is 107 Å². The number of alkyl halides is 2. The van der Waals surface area contributed by atoms with Crippen LogP contribution < -0.4 is 0 Å². The van der Waals surface area contributed by atoms with Crippen molar-refractivity contribution < 1.29 is 8.42 Å². The van der Waals surface area contributed by atoms with E-state index >= 15 is 0 Å². The van der Waals surface area contributed by atoms with Crippen LogP contribution in [0.3, 0.4) is 0 Å². The molecule has 0 atom stereocenters. The molecule has 1 aromatic rings. The van der Waals surface area contributed by atoms with Gasteiger partial charge in [0.2, 0.25) is 9.84 Å². The highest BCUT2D eigenvalue weighted by Crippen LogP contribution is 2.45. The van der Waals surface area contributed by atoms with Gasteiger partial charge in [0.05, 0.1) is 4.90 Å². The van der Waals surface area contributed by atoms with Gasteiger partial charge in [0.1, 0.15) is 0 Å². The summed E-state index contributed by atoms with van der Waals surface area (Å²) in [6, 6.07) is 6.30. The Morgan fingerprint density at radius 2 is 1.93 bits per heavy atom. The van der Waals surface area contributed by atoms with Crippen molar-refractivity contribution in [3.8, 4) is 0 Å². The van der Waals surface area contributed by atoms with Crippen LogP contribution in [0.1, 0.15) is 5.56 Å². The lowest BCUT2D eigenvalue weighted by molar-refractivity contribution is 0.597. The van der Waals surface area contributed by atoms with E-state index in [1.54, 1.807) is 19.1 Å². The van der Waals surface area contributed by atoms with Crippen LogP contribution >= 0.6 is 44.9 Å². The van der Waals surface area contributed by atoms with Crippen molar-refractivity contribution in [2.45, 2.75) is 14.8 Å². The highest BCUT2D eigenvalue weighted by Gasteiger charge is 2.42. The van der Waals surface area contributed by atoms with Crippen molar-refractivity contribution in [1.82, 2.24) is 0 Å². The summed E-state index contributed by atoms with van der Waals surface area (Å²) in [5.41, 5.74) is 0.805. The first kappa shape index (κ1) is 13.5. The summed E-state index contributed by atoms with van der Waals surface area (Å²) in [7, 11) is 1.84. The van der Waals surface area contributed by atoms with E-state index in [0.717, 1.165) is 5.56 Å². The molecule has 7 heteroatoms. The van der Waals surface area contributed by atoms with Crippen LogP contribution in [-0.2, 0) is 9.84 Å². The van der Waals surface area contributed by atoms with Crippen LogP contribution in [-0.4, -0.2) is 11.4 Å². The van der Waals surface area contributed by atoms with Gasteiger partial charge in [0.15, 0.2) is 0 Å². The van der Waals surface area contributed by atoms with Gasteiger partial charge in [-0.1, -0.05) is 35.3 Å². The van der Waals surface area contributed by atoms with Crippen LogP contribution in [0.25, 0.3) is 0 Å². The number of halogens is 3. The molecule has 1 rings (SSSR count). The number of benzene rings is 1. The maximum atomic E-state index is 11.9. The molecule has 0 N–H and O–H groups in total. The first-order valence-electron chi connectivity index (χ1n) is 3.80.